The third-order valence-corrected chi connectivity index (χ3v) is 4.54. The Bertz CT molecular complexity index is 760. The highest BCUT2D eigenvalue weighted by molar-refractivity contribution is 7.10. The second kappa shape index (κ2) is 6.15. The zero-order valence-electron chi connectivity index (χ0n) is 12.5. The number of rotatable bonds is 4. The van der Waals surface area contributed by atoms with Gasteiger partial charge in [0.2, 0.25) is 0 Å². The Balaban J connectivity index is 1.73. The van der Waals surface area contributed by atoms with Gasteiger partial charge in [0.25, 0.3) is 5.91 Å². The molecule has 0 saturated heterocycles. The van der Waals surface area contributed by atoms with Gasteiger partial charge in [-0.15, -0.1) is 11.3 Å². The van der Waals surface area contributed by atoms with Crippen LogP contribution in [0.1, 0.15) is 33.9 Å². The van der Waals surface area contributed by atoms with E-state index in [0.29, 0.717) is 5.69 Å². The number of thiophene rings is 1. The number of aromatic amines is 1. The fourth-order valence-electron chi connectivity index (χ4n) is 2.19. The highest BCUT2D eigenvalue weighted by Gasteiger charge is 2.15. The van der Waals surface area contributed by atoms with Gasteiger partial charge in [0.1, 0.15) is 5.69 Å². The molecule has 0 unspecified atom stereocenters. The fourth-order valence-corrected chi connectivity index (χ4v) is 2.93. The number of nitrogens with zero attached hydrogens (tertiary/aromatic N) is 1. The lowest BCUT2D eigenvalue weighted by Gasteiger charge is -2.10. The van der Waals surface area contributed by atoms with E-state index in [-0.39, 0.29) is 11.9 Å². The number of aromatic nitrogens is 2. The molecule has 0 saturated carbocycles. The fraction of sp³-hybridized carbons (Fsp3) is 0.176. The standard InChI is InChI=1S/C17H17N3OS/c1-11-5-7-13(8-6-11)14-10-15(20-19-14)17(21)18-12(2)16-4-3-9-22-16/h3-10,12H,1-2H3,(H,18,21)(H,19,20)/t12-/m0/s1. The average molecular weight is 311 g/mol. The summed E-state index contributed by atoms with van der Waals surface area (Å²) < 4.78 is 0. The summed E-state index contributed by atoms with van der Waals surface area (Å²) in [5.41, 5.74) is 3.43. The molecule has 0 aliphatic heterocycles. The van der Waals surface area contributed by atoms with Gasteiger partial charge in [-0.1, -0.05) is 35.9 Å². The largest absolute Gasteiger partial charge is 0.343 e. The Morgan fingerprint density at radius 1 is 1.27 bits per heavy atom. The summed E-state index contributed by atoms with van der Waals surface area (Å²) in [6.45, 7) is 4.01. The van der Waals surface area contributed by atoms with Crippen LogP contribution in [0.2, 0.25) is 0 Å². The molecule has 5 heteroatoms. The third-order valence-electron chi connectivity index (χ3n) is 3.49. The van der Waals surface area contributed by atoms with Crippen molar-refractivity contribution in [3.05, 3.63) is 64.0 Å². The van der Waals surface area contributed by atoms with Gasteiger partial charge < -0.3 is 5.32 Å². The lowest BCUT2D eigenvalue weighted by atomic mass is 10.1. The lowest BCUT2D eigenvalue weighted by Crippen LogP contribution is -2.26. The van der Waals surface area contributed by atoms with Crippen molar-refractivity contribution < 1.29 is 4.79 Å². The van der Waals surface area contributed by atoms with Crippen LogP contribution in [-0.2, 0) is 0 Å². The number of hydrogen-bond donors (Lipinski definition) is 2. The summed E-state index contributed by atoms with van der Waals surface area (Å²) >= 11 is 1.63. The highest BCUT2D eigenvalue weighted by Crippen LogP contribution is 2.20. The van der Waals surface area contributed by atoms with Crippen molar-refractivity contribution in [2.24, 2.45) is 0 Å². The van der Waals surface area contributed by atoms with Crippen LogP contribution >= 0.6 is 11.3 Å². The molecule has 1 atom stereocenters. The van der Waals surface area contributed by atoms with E-state index in [4.69, 9.17) is 0 Å². The number of aryl methyl sites for hydroxylation is 1. The van der Waals surface area contributed by atoms with Gasteiger partial charge in [-0.05, 0) is 31.4 Å². The van der Waals surface area contributed by atoms with Crippen LogP contribution in [0, 0.1) is 6.92 Å². The van der Waals surface area contributed by atoms with Crippen molar-refractivity contribution >= 4 is 17.2 Å². The molecular formula is C17H17N3OS. The van der Waals surface area contributed by atoms with Gasteiger partial charge in [-0.3, -0.25) is 9.89 Å². The summed E-state index contributed by atoms with van der Waals surface area (Å²) in [6, 6.07) is 13.8. The summed E-state index contributed by atoms with van der Waals surface area (Å²) in [6.07, 6.45) is 0. The molecule has 3 aromatic rings. The van der Waals surface area contributed by atoms with Gasteiger partial charge in [0.15, 0.2) is 0 Å². The average Bonchev–Trinajstić information content (AvgIpc) is 3.20. The van der Waals surface area contributed by atoms with Crippen LogP contribution in [0.15, 0.2) is 47.8 Å². The number of carbonyl (C=O) groups excluding carboxylic acids is 1. The molecule has 2 heterocycles. The van der Waals surface area contributed by atoms with E-state index in [1.165, 1.54) is 5.56 Å². The van der Waals surface area contributed by atoms with Crippen molar-refractivity contribution in [1.82, 2.24) is 15.5 Å². The maximum absolute atomic E-state index is 12.3. The smallest absolute Gasteiger partial charge is 0.269 e. The van der Waals surface area contributed by atoms with Crippen LogP contribution in [0.3, 0.4) is 0 Å². The number of nitrogens with one attached hydrogen (secondary N) is 2. The van der Waals surface area contributed by atoms with Gasteiger partial charge in [0.05, 0.1) is 11.7 Å². The highest BCUT2D eigenvalue weighted by atomic mass is 32.1. The van der Waals surface area contributed by atoms with Gasteiger partial charge >= 0.3 is 0 Å². The van der Waals surface area contributed by atoms with Crippen LogP contribution < -0.4 is 5.32 Å². The number of H-pyrrole nitrogens is 1. The summed E-state index contributed by atoms with van der Waals surface area (Å²) in [7, 11) is 0. The SMILES string of the molecule is Cc1ccc(-c2cc(C(=O)N[C@@H](C)c3cccs3)[nH]n2)cc1. The minimum absolute atomic E-state index is 0.0152. The van der Waals surface area contributed by atoms with Crippen LogP contribution in [0.25, 0.3) is 11.3 Å². The number of amides is 1. The van der Waals surface area contributed by atoms with Crippen LogP contribution in [-0.4, -0.2) is 16.1 Å². The van der Waals surface area contributed by atoms with Gasteiger partial charge in [-0.2, -0.15) is 5.10 Å². The summed E-state index contributed by atoms with van der Waals surface area (Å²) in [5, 5.41) is 12.0. The number of carbonyl (C=O) groups is 1. The Kier molecular flexibility index (Phi) is 4.06. The minimum atomic E-state index is -0.147. The van der Waals surface area contributed by atoms with Crippen LogP contribution in [0.5, 0.6) is 0 Å². The van der Waals surface area contributed by atoms with E-state index in [0.717, 1.165) is 16.1 Å². The topological polar surface area (TPSA) is 57.8 Å². The molecule has 0 bridgehead atoms. The summed E-state index contributed by atoms with van der Waals surface area (Å²) in [5.74, 6) is -0.147. The Labute approximate surface area is 133 Å². The van der Waals surface area contributed by atoms with Crippen molar-refractivity contribution in [2.45, 2.75) is 19.9 Å². The summed E-state index contributed by atoms with van der Waals surface area (Å²) in [4.78, 5) is 13.4. The van der Waals surface area contributed by atoms with Crippen molar-refractivity contribution in [2.75, 3.05) is 0 Å². The molecule has 2 aromatic heterocycles. The predicted molar refractivity (Wildman–Crippen MR) is 89.0 cm³/mol. The number of hydrogen-bond acceptors (Lipinski definition) is 3. The molecule has 3 rings (SSSR count). The van der Waals surface area contributed by atoms with Gasteiger partial charge in [-0.25, -0.2) is 0 Å². The number of benzene rings is 1. The molecule has 0 aliphatic rings. The Hall–Kier alpha value is -2.40. The molecule has 22 heavy (non-hydrogen) atoms. The second-order valence-corrected chi connectivity index (χ2v) is 6.22. The molecule has 1 amide bonds. The second-order valence-electron chi connectivity index (χ2n) is 5.24. The zero-order chi connectivity index (χ0) is 15.5. The quantitative estimate of drug-likeness (QED) is 0.767. The first-order valence-electron chi connectivity index (χ1n) is 7.10. The van der Waals surface area contributed by atoms with Crippen molar-refractivity contribution in [1.29, 1.82) is 0 Å². The van der Waals surface area contributed by atoms with E-state index < -0.39 is 0 Å². The van der Waals surface area contributed by atoms with E-state index in [9.17, 15) is 4.79 Å². The molecule has 112 valence electrons. The first-order chi connectivity index (χ1) is 10.6. The first kappa shape index (κ1) is 14.5. The molecule has 2 N–H and O–H groups in total. The molecule has 0 spiro atoms. The molecule has 4 nitrogen and oxygen atoms in total. The molecule has 1 aromatic carbocycles. The zero-order valence-corrected chi connectivity index (χ0v) is 13.3. The molecule has 0 fully saturated rings. The Morgan fingerprint density at radius 3 is 2.73 bits per heavy atom. The van der Waals surface area contributed by atoms with Gasteiger partial charge in [0, 0.05) is 10.4 Å². The molecule has 0 aliphatic carbocycles. The molecular weight excluding hydrogens is 294 g/mol. The maximum atomic E-state index is 12.3. The monoisotopic (exact) mass is 311 g/mol. The lowest BCUT2D eigenvalue weighted by molar-refractivity contribution is 0.0935. The van der Waals surface area contributed by atoms with E-state index >= 15 is 0 Å². The van der Waals surface area contributed by atoms with E-state index in [2.05, 4.69) is 15.5 Å². The Morgan fingerprint density at radius 2 is 2.05 bits per heavy atom. The van der Waals surface area contributed by atoms with Crippen LogP contribution in [0.4, 0.5) is 0 Å². The van der Waals surface area contributed by atoms with Crippen molar-refractivity contribution in [3.63, 3.8) is 0 Å². The maximum Gasteiger partial charge on any atom is 0.269 e. The van der Waals surface area contributed by atoms with E-state index in [1.54, 1.807) is 17.4 Å². The predicted octanol–water partition coefficient (Wildman–Crippen LogP) is 3.94. The first-order valence-corrected chi connectivity index (χ1v) is 7.98. The van der Waals surface area contributed by atoms with E-state index in [1.807, 2.05) is 55.6 Å². The molecule has 0 radical (unpaired) electrons. The third kappa shape index (κ3) is 3.09. The normalized spacial score (nSPS) is 12.1. The minimum Gasteiger partial charge on any atom is -0.343 e. The van der Waals surface area contributed by atoms with Crippen molar-refractivity contribution in [3.8, 4) is 11.3 Å².